The van der Waals surface area contributed by atoms with Crippen molar-refractivity contribution in [3.05, 3.63) is 29.8 Å². The molecule has 1 atom stereocenters. The summed E-state index contributed by atoms with van der Waals surface area (Å²) in [5, 5.41) is 9.25. The van der Waals surface area contributed by atoms with Crippen molar-refractivity contribution in [2.75, 3.05) is 19.4 Å². The maximum absolute atomic E-state index is 12.2. The number of hydrogen-bond donors (Lipinski definition) is 1. The SMILES string of the molecule is CCOC(=O)CCS(=O)(=O)N(C)C(C)c1ccc(O)cc1. The molecule has 1 unspecified atom stereocenters. The van der Waals surface area contributed by atoms with Gasteiger partial charge in [-0.25, -0.2) is 8.42 Å². The van der Waals surface area contributed by atoms with Crippen molar-refractivity contribution in [3.63, 3.8) is 0 Å². The molecule has 7 heteroatoms. The molecule has 0 amide bonds. The van der Waals surface area contributed by atoms with E-state index in [1.54, 1.807) is 26.0 Å². The second-order valence-electron chi connectivity index (χ2n) is 4.65. The molecule has 0 aliphatic carbocycles. The zero-order valence-electron chi connectivity index (χ0n) is 12.4. The lowest BCUT2D eigenvalue weighted by atomic mass is 10.1. The number of nitrogens with zero attached hydrogens (tertiary/aromatic N) is 1. The zero-order valence-corrected chi connectivity index (χ0v) is 13.3. The van der Waals surface area contributed by atoms with Crippen LogP contribution in [0.1, 0.15) is 31.9 Å². The summed E-state index contributed by atoms with van der Waals surface area (Å²) in [5.74, 6) is -0.685. The summed E-state index contributed by atoms with van der Waals surface area (Å²) in [6.07, 6.45) is -0.164. The third-order valence-corrected chi connectivity index (χ3v) is 5.14. The van der Waals surface area contributed by atoms with E-state index in [-0.39, 0.29) is 24.5 Å². The lowest BCUT2D eigenvalue weighted by molar-refractivity contribution is -0.142. The summed E-state index contributed by atoms with van der Waals surface area (Å²) in [5.41, 5.74) is 0.759. The topological polar surface area (TPSA) is 83.9 Å². The Kier molecular flexibility index (Phi) is 6.17. The molecule has 1 N–H and O–H groups in total. The van der Waals surface area contributed by atoms with Crippen LogP contribution in [-0.4, -0.2) is 43.2 Å². The van der Waals surface area contributed by atoms with Crippen molar-refractivity contribution < 1.29 is 23.1 Å². The first kappa shape index (κ1) is 17.5. The molecule has 0 saturated carbocycles. The van der Waals surface area contributed by atoms with Crippen molar-refractivity contribution >= 4 is 16.0 Å². The Bertz CT molecular complexity index is 568. The fraction of sp³-hybridized carbons (Fsp3) is 0.500. The number of carbonyl (C=O) groups is 1. The molecular formula is C14H21NO5S. The van der Waals surface area contributed by atoms with Crippen LogP contribution in [0.4, 0.5) is 0 Å². The molecule has 1 aromatic carbocycles. The van der Waals surface area contributed by atoms with Gasteiger partial charge in [-0.15, -0.1) is 0 Å². The van der Waals surface area contributed by atoms with E-state index in [4.69, 9.17) is 4.74 Å². The molecule has 0 aromatic heterocycles. The molecular weight excluding hydrogens is 294 g/mol. The molecule has 1 aromatic rings. The molecule has 21 heavy (non-hydrogen) atoms. The second kappa shape index (κ2) is 7.42. The number of sulfonamides is 1. The Morgan fingerprint density at radius 2 is 1.90 bits per heavy atom. The Morgan fingerprint density at radius 3 is 2.43 bits per heavy atom. The predicted octanol–water partition coefficient (Wildman–Crippen LogP) is 1.67. The number of aromatic hydroxyl groups is 1. The van der Waals surface area contributed by atoms with Crippen LogP contribution in [0, 0.1) is 0 Å². The van der Waals surface area contributed by atoms with E-state index >= 15 is 0 Å². The lowest BCUT2D eigenvalue weighted by Gasteiger charge is -2.24. The highest BCUT2D eigenvalue weighted by Crippen LogP contribution is 2.23. The van der Waals surface area contributed by atoms with Gasteiger partial charge in [-0.05, 0) is 31.5 Å². The van der Waals surface area contributed by atoms with E-state index in [0.717, 1.165) is 5.56 Å². The van der Waals surface area contributed by atoms with Gasteiger partial charge in [-0.3, -0.25) is 4.79 Å². The second-order valence-corrected chi connectivity index (χ2v) is 6.80. The van der Waals surface area contributed by atoms with Gasteiger partial charge < -0.3 is 9.84 Å². The number of benzene rings is 1. The maximum Gasteiger partial charge on any atom is 0.306 e. The summed E-state index contributed by atoms with van der Waals surface area (Å²) in [6, 6.07) is 5.95. The van der Waals surface area contributed by atoms with Crippen LogP contribution in [0.25, 0.3) is 0 Å². The van der Waals surface area contributed by atoms with E-state index in [2.05, 4.69) is 0 Å². The molecule has 0 fully saturated rings. The van der Waals surface area contributed by atoms with Gasteiger partial charge in [0.25, 0.3) is 0 Å². The van der Waals surface area contributed by atoms with E-state index in [1.165, 1.54) is 23.5 Å². The van der Waals surface area contributed by atoms with Crippen LogP contribution >= 0.6 is 0 Å². The zero-order chi connectivity index (χ0) is 16.0. The number of phenols is 1. The number of phenolic OH excluding ortho intramolecular Hbond substituents is 1. The van der Waals surface area contributed by atoms with E-state index in [1.807, 2.05) is 0 Å². The molecule has 1 rings (SSSR count). The Morgan fingerprint density at radius 1 is 1.33 bits per heavy atom. The van der Waals surface area contributed by atoms with Crippen LogP contribution in [0.2, 0.25) is 0 Å². The van der Waals surface area contributed by atoms with Crippen LogP contribution in [0.3, 0.4) is 0 Å². The fourth-order valence-electron chi connectivity index (χ4n) is 1.79. The molecule has 118 valence electrons. The van der Waals surface area contributed by atoms with Gasteiger partial charge in [0.2, 0.25) is 10.0 Å². The minimum atomic E-state index is -3.56. The minimum absolute atomic E-state index is 0.124. The molecule has 0 heterocycles. The molecule has 0 aliphatic rings. The first-order valence-corrected chi connectivity index (χ1v) is 8.29. The van der Waals surface area contributed by atoms with Crippen molar-refractivity contribution in [1.29, 1.82) is 0 Å². The van der Waals surface area contributed by atoms with Crippen LogP contribution in [0.5, 0.6) is 5.75 Å². The number of hydrogen-bond acceptors (Lipinski definition) is 5. The smallest absolute Gasteiger partial charge is 0.306 e. The van der Waals surface area contributed by atoms with Gasteiger partial charge in [-0.1, -0.05) is 12.1 Å². The molecule has 0 radical (unpaired) electrons. The molecule has 0 aliphatic heterocycles. The number of rotatable bonds is 7. The maximum atomic E-state index is 12.2. The Balaban J connectivity index is 2.73. The van der Waals surface area contributed by atoms with Crippen LogP contribution in [0.15, 0.2) is 24.3 Å². The van der Waals surface area contributed by atoms with Gasteiger partial charge in [0.15, 0.2) is 0 Å². The summed E-state index contributed by atoms with van der Waals surface area (Å²) in [7, 11) is -2.09. The molecule has 0 spiro atoms. The molecule has 6 nitrogen and oxygen atoms in total. The number of ether oxygens (including phenoxy) is 1. The average Bonchev–Trinajstić information content (AvgIpc) is 2.45. The normalized spacial score (nSPS) is 13.1. The Labute approximate surface area is 125 Å². The fourth-order valence-corrected chi connectivity index (χ4v) is 3.11. The molecule has 0 bridgehead atoms. The van der Waals surface area contributed by atoms with Gasteiger partial charge >= 0.3 is 5.97 Å². The summed E-state index contributed by atoms with van der Waals surface area (Å²) < 4.78 is 30.3. The quantitative estimate of drug-likeness (QED) is 0.774. The summed E-state index contributed by atoms with van der Waals surface area (Å²) >= 11 is 0. The van der Waals surface area contributed by atoms with Crippen molar-refractivity contribution in [1.82, 2.24) is 4.31 Å². The first-order valence-electron chi connectivity index (χ1n) is 6.68. The Hall–Kier alpha value is -1.60. The van der Waals surface area contributed by atoms with Gasteiger partial charge in [0.1, 0.15) is 5.75 Å². The van der Waals surface area contributed by atoms with Crippen molar-refractivity contribution in [3.8, 4) is 5.75 Å². The highest BCUT2D eigenvalue weighted by atomic mass is 32.2. The number of esters is 1. The van der Waals surface area contributed by atoms with Crippen molar-refractivity contribution in [2.24, 2.45) is 0 Å². The largest absolute Gasteiger partial charge is 0.508 e. The lowest BCUT2D eigenvalue weighted by Crippen LogP contribution is -2.32. The third-order valence-electron chi connectivity index (χ3n) is 3.23. The van der Waals surface area contributed by atoms with Crippen molar-refractivity contribution in [2.45, 2.75) is 26.3 Å². The predicted molar refractivity (Wildman–Crippen MR) is 79.3 cm³/mol. The standard InChI is InChI=1S/C14H21NO5S/c1-4-20-14(17)9-10-21(18,19)15(3)11(2)12-5-7-13(16)8-6-12/h5-8,11,16H,4,9-10H2,1-3H3. The van der Waals surface area contributed by atoms with Crippen LogP contribution < -0.4 is 0 Å². The monoisotopic (exact) mass is 315 g/mol. The summed E-state index contributed by atoms with van der Waals surface area (Å²) in [6.45, 7) is 3.65. The third kappa shape index (κ3) is 5.02. The number of carbonyl (C=O) groups excluding carboxylic acids is 1. The highest BCUT2D eigenvalue weighted by Gasteiger charge is 2.25. The van der Waals surface area contributed by atoms with E-state index in [9.17, 15) is 18.3 Å². The van der Waals surface area contributed by atoms with E-state index in [0.29, 0.717) is 0 Å². The summed E-state index contributed by atoms with van der Waals surface area (Å²) in [4.78, 5) is 11.3. The van der Waals surface area contributed by atoms with Gasteiger partial charge in [0.05, 0.1) is 18.8 Å². The minimum Gasteiger partial charge on any atom is -0.508 e. The van der Waals surface area contributed by atoms with E-state index < -0.39 is 22.0 Å². The van der Waals surface area contributed by atoms with Crippen LogP contribution in [-0.2, 0) is 19.6 Å². The first-order chi connectivity index (χ1) is 9.77. The van der Waals surface area contributed by atoms with Gasteiger partial charge in [-0.2, -0.15) is 4.31 Å². The average molecular weight is 315 g/mol. The molecule has 0 saturated heterocycles. The highest BCUT2D eigenvalue weighted by molar-refractivity contribution is 7.89. The van der Waals surface area contributed by atoms with Gasteiger partial charge in [0, 0.05) is 13.1 Å².